The maximum absolute atomic E-state index is 5.86. The Morgan fingerprint density at radius 2 is 1.69 bits per heavy atom. The van der Waals surface area contributed by atoms with Crippen LogP contribution in [-0.4, -0.2) is 30.8 Å². The average Bonchev–Trinajstić information content (AvgIpc) is 3.11. The standard InChI is InChI=1S/C23H21N5S/c29-23-27(17-26-14-12-18-7-4-5-8-20(18)16-26)25-22(19-9-6-13-24-15-19)28(23)21-10-2-1-3-11-21/h1-11,13,15H,12,14,16-17H2. The third-order valence-electron chi connectivity index (χ3n) is 5.32. The maximum atomic E-state index is 5.86. The van der Waals surface area contributed by atoms with Crippen LogP contribution in [0.1, 0.15) is 11.1 Å². The van der Waals surface area contributed by atoms with Gasteiger partial charge in [-0.2, -0.15) is 0 Å². The van der Waals surface area contributed by atoms with E-state index in [-0.39, 0.29) is 0 Å². The highest BCUT2D eigenvalue weighted by Gasteiger charge is 2.19. The fourth-order valence-corrected chi connectivity index (χ4v) is 4.15. The maximum Gasteiger partial charge on any atom is 0.204 e. The Morgan fingerprint density at radius 1 is 0.897 bits per heavy atom. The molecule has 2 aromatic heterocycles. The third kappa shape index (κ3) is 3.52. The van der Waals surface area contributed by atoms with Crippen LogP contribution in [0.15, 0.2) is 79.1 Å². The molecule has 0 spiro atoms. The summed E-state index contributed by atoms with van der Waals surface area (Å²) in [6.07, 6.45) is 4.66. The number of para-hydroxylation sites is 1. The second kappa shape index (κ2) is 7.73. The molecule has 0 fully saturated rings. The van der Waals surface area contributed by atoms with Crippen LogP contribution in [0.3, 0.4) is 0 Å². The highest BCUT2D eigenvalue weighted by atomic mass is 32.1. The van der Waals surface area contributed by atoms with Crippen LogP contribution in [0, 0.1) is 4.77 Å². The van der Waals surface area contributed by atoms with Crippen molar-refractivity contribution in [2.75, 3.05) is 6.54 Å². The molecule has 144 valence electrons. The molecule has 29 heavy (non-hydrogen) atoms. The van der Waals surface area contributed by atoms with Crippen LogP contribution < -0.4 is 0 Å². The van der Waals surface area contributed by atoms with Gasteiger partial charge in [0, 0.05) is 36.7 Å². The van der Waals surface area contributed by atoms with Crippen molar-refractivity contribution in [2.24, 2.45) is 0 Å². The molecule has 0 saturated heterocycles. The first-order valence-corrected chi connectivity index (χ1v) is 10.2. The van der Waals surface area contributed by atoms with Crippen LogP contribution >= 0.6 is 12.2 Å². The quantitative estimate of drug-likeness (QED) is 0.474. The second-order valence-electron chi connectivity index (χ2n) is 7.23. The van der Waals surface area contributed by atoms with Crippen molar-refractivity contribution < 1.29 is 0 Å². The van der Waals surface area contributed by atoms with Crippen LogP contribution in [0.2, 0.25) is 0 Å². The van der Waals surface area contributed by atoms with Gasteiger partial charge < -0.3 is 0 Å². The fourth-order valence-electron chi connectivity index (χ4n) is 3.86. The van der Waals surface area contributed by atoms with E-state index >= 15 is 0 Å². The van der Waals surface area contributed by atoms with E-state index in [1.807, 2.05) is 45.8 Å². The monoisotopic (exact) mass is 399 g/mol. The Kier molecular flexibility index (Phi) is 4.79. The molecule has 4 aromatic rings. The van der Waals surface area contributed by atoms with E-state index in [1.54, 1.807) is 6.20 Å². The van der Waals surface area contributed by atoms with Gasteiger partial charge in [0.05, 0.1) is 6.67 Å². The summed E-state index contributed by atoms with van der Waals surface area (Å²) in [4.78, 5) is 6.66. The van der Waals surface area contributed by atoms with Crippen LogP contribution in [0.5, 0.6) is 0 Å². The Bertz CT molecular complexity index is 1180. The van der Waals surface area contributed by atoms with E-state index in [2.05, 4.69) is 46.3 Å². The molecule has 0 atom stereocenters. The van der Waals surface area contributed by atoms with Gasteiger partial charge in [-0.1, -0.05) is 42.5 Å². The molecule has 2 aromatic carbocycles. The SMILES string of the molecule is S=c1n(CN2CCc3ccccc3C2)nc(-c2cccnc2)n1-c1ccccc1. The molecule has 5 rings (SSSR count). The lowest BCUT2D eigenvalue weighted by atomic mass is 10.0. The lowest BCUT2D eigenvalue weighted by molar-refractivity contribution is 0.188. The fraction of sp³-hybridized carbons (Fsp3) is 0.174. The minimum absolute atomic E-state index is 0.667. The molecular weight excluding hydrogens is 378 g/mol. The topological polar surface area (TPSA) is 38.9 Å². The van der Waals surface area contributed by atoms with Crippen LogP contribution in [-0.2, 0) is 19.6 Å². The number of rotatable bonds is 4. The van der Waals surface area contributed by atoms with E-state index in [0.29, 0.717) is 11.4 Å². The zero-order chi connectivity index (χ0) is 19.6. The van der Waals surface area contributed by atoms with Gasteiger partial charge in [-0.3, -0.25) is 14.5 Å². The van der Waals surface area contributed by atoms with Crippen LogP contribution in [0.25, 0.3) is 17.1 Å². The second-order valence-corrected chi connectivity index (χ2v) is 7.60. The Balaban J connectivity index is 1.53. The van der Waals surface area contributed by atoms with Gasteiger partial charge in [-0.25, -0.2) is 4.68 Å². The van der Waals surface area contributed by atoms with E-state index < -0.39 is 0 Å². The summed E-state index contributed by atoms with van der Waals surface area (Å²) < 4.78 is 4.65. The first-order valence-electron chi connectivity index (χ1n) is 9.74. The van der Waals surface area contributed by atoms with Gasteiger partial charge in [-0.05, 0) is 54.0 Å². The summed E-state index contributed by atoms with van der Waals surface area (Å²) in [5.41, 5.74) is 4.79. The molecule has 1 aliphatic rings. The number of benzene rings is 2. The first-order chi connectivity index (χ1) is 14.3. The average molecular weight is 400 g/mol. The zero-order valence-electron chi connectivity index (χ0n) is 16.0. The van der Waals surface area contributed by atoms with Gasteiger partial charge >= 0.3 is 0 Å². The third-order valence-corrected chi connectivity index (χ3v) is 5.71. The summed E-state index contributed by atoms with van der Waals surface area (Å²) in [5, 5.41) is 4.90. The molecular formula is C23H21N5S. The number of hydrogen-bond donors (Lipinski definition) is 0. The largest absolute Gasteiger partial charge is 0.280 e. The highest BCUT2D eigenvalue weighted by Crippen LogP contribution is 2.23. The Labute approximate surface area is 174 Å². The molecule has 0 saturated carbocycles. The minimum atomic E-state index is 0.667. The van der Waals surface area contributed by atoms with Crippen molar-refractivity contribution in [3.8, 4) is 17.1 Å². The zero-order valence-corrected chi connectivity index (χ0v) is 16.8. The minimum Gasteiger partial charge on any atom is -0.280 e. The van der Waals surface area contributed by atoms with E-state index in [9.17, 15) is 0 Å². The van der Waals surface area contributed by atoms with Crippen molar-refractivity contribution in [3.63, 3.8) is 0 Å². The first kappa shape index (κ1) is 18.0. The van der Waals surface area contributed by atoms with Crippen molar-refractivity contribution in [3.05, 3.63) is 95.0 Å². The van der Waals surface area contributed by atoms with Crippen molar-refractivity contribution in [1.29, 1.82) is 0 Å². The van der Waals surface area contributed by atoms with Crippen molar-refractivity contribution >= 4 is 12.2 Å². The summed E-state index contributed by atoms with van der Waals surface area (Å²) in [6.45, 7) is 2.58. The molecule has 0 amide bonds. The van der Waals surface area contributed by atoms with Gasteiger partial charge in [0.15, 0.2) is 5.82 Å². The number of fused-ring (bicyclic) bond motifs is 1. The van der Waals surface area contributed by atoms with Gasteiger partial charge in [-0.15, -0.1) is 5.10 Å². The summed E-state index contributed by atoms with van der Waals surface area (Å²) in [6, 6.07) is 22.8. The lowest BCUT2D eigenvalue weighted by Gasteiger charge is -2.28. The number of hydrogen-bond acceptors (Lipinski definition) is 4. The van der Waals surface area contributed by atoms with Crippen LogP contribution in [0.4, 0.5) is 0 Å². The number of aromatic nitrogens is 4. The van der Waals surface area contributed by atoms with Gasteiger partial charge in [0.2, 0.25) is 4.77 Å². The smallest absolute Gasteiger partial charge is 0.204 e. The predicted molar refractivity (Wildman–Crippen MR) is 116 cm³/mol. The molecule has 0 unspecified atom stereocenters. The van der Waals surface area contributed by atoms with Crippen molar-refractivity contribution in [1.82, 2.24) is 24.2 Å². The van der Waals surface area contributed by atoms with E-state index in [1.165, 1.54) is 11.1 Å². The van der Waals surface area contributed by atoms with Gasteiger partial charge in [0.1, 0.15) is 0 Å². The van der Waals surface area contributed by atoms with Crippen molar-refractivity contribution in [2.45, 2.75) is 19.6 Å². The molecule has 6 heteroatoms. The number of nitrogens with zero attached hydrogens (tertiary/aromatic N) is 5. The Hall–Kier alpha value is -3.09. The molecule has 0 N–H and O–H groups in total. The summed E-state index contributed by atoms with van der Waals surface area (Å²) in [7, 11) is 0. The molecule has 0 bridgehead atoms. The van der Waals surface area contributed by atoms with Gasteiger partial charge in [0.25, 0.3) is 0 Å². The summed E-state index contributed by atoms with van der Waals surface area (Å²) in [5.74, 6) is 0.812. The van der Waals surface area contributed by atoms with E-state index in [4.69, 9.17) is 17.3 Å². The predicted octanol–water partition coefficient (Wildman–Crippen LogP) is 4.48. The van der Waals surface area contributed by atoms with E-state index in [0.717, 1.165) is 36.6 Å². The highest BCUT2D eigenvalue weighted by molar-refractivity contribution is 7.71. The molecule has 3 heterocycles. The summed E-state index contributed by atoms with van der Waals surface area (Å²) >= 11 is 5.86. The lowest BCUT2D eigenvalue weighted by Crippen LogP contribution is -2.32. The molecule has 0 aliphatic carbocycles. The molecule has 5 nitrogen and oxygen atoms in total. The number of pyridine rings is 1. The normalized spacial score (nSPS) is 13.9. The molecule has 0 radical (unpaired) electrons. The Morgan fingerprint density at radius 3 is 2.48 bits per heavy atom. The molecule has 1 aliphatic heterocycles.